The van der Waals surface area contributed by atoms with Gasteiger partial charge in [0.1, 0.15) is 18.0 Å². The number of likely N-dealkylation sites (tertiary alicyclic amines) is 1. The lowest BCUT2D eigenvalue weighted by atomic mass is 9.63. The van der Waals surface area contributed by atoms with E-state index in [0.717, 1.165) is 107 Å². The molecule has 0 unspecified atom stereocenters. The van der Waals surface area contributed by atoms with Crippen molar-refractivity contribution in [3.05, 3.63) is 70.3 Å². The molecule has 10 nitrogen and oxygen atoms in total. The van der Waals surface area contributed by atoms with Gasteiger partial charge in [-0.1, -0.05) is 36.7 Å². The topological polar surface area (TPSA) is 101 Å². The zero-order valence-electron chi connectivity index (χ0n) is 30.9. The number of aryl methyl sites for hydroxylation is 1. The Morgan fingerprint density at radius 1 is 1.00 bits per heavy atom. The molecule has 2 aromatic carbocycles. The van der Waals surface area contributed by atoms with Crippen LogP contribution >= 0.6 is 11.6 Å². The van der Waals surface area contributed by atoms with Crippen LogP contribution in [-0.4, -0.2) is 107 Å². The fourth-order valence-electron chi connectivity index (χ4n) is 8.83. The monoisotopic (exact) mass is 754 g/mol. The second-order valence-electron chi connectivity index (χ2n) is 15.7. The highest BCUT2D eigenvalue weighted by atomic mass is 35.5. The number of ether oxygens (including phenoxy) is 3. The maximum Gasteiger partial charge on any atom is 0.264 e. The van der Waals surface area contributed by atoms with Gasteiger partial charge in [-0.15, -0.1) is 0 Å². The van der Waals surface area contributed by atoms with Gasteiger partial charge >= 0.3 is 0 Å². The Morgan fingerprint density at radius 3 is 2.56 bits per heavy atom. The number of hydrogen-bond acceptors (Lipinski definition) is 9. The summed E-state index contributed by atoms with van der Waals surface area (Å²) in [5, 5.41) is -0.0590. The molecule has 4 aliphatic heterocycles. The average Bonchev–Trinajstić information content (AvgIpc) is 3.13. The maximum absolute atomic E-state index is 13.6. The summed E-state index contributed by atoms with van der Waals surface area (Å²) in [4.78, 5) is 21.1. The summed E-state index contributed by atoms with van der Waals surface area (Å²) in [5.74, 6) is 0.473. The Balaban J connectivity index is 1.22. The molecular formula is C40H55ClN4O6S. The number of fused-ring (bicyclic) bond motifs is 3. The fourth-order valence-corrected chi connectivity index (χ4v) is 10.3. The number of morpholine rings is 1. The lowest BCUT2D eigenvalue weighted by Crippen LogP contribution is -2.65. The number of sulfonamides is 1. The van der Waals surface area contributed by atoms with Gasteiger partial charge in [0.25, 0.3) is 5.91 Å². The molecule has 0 radical (unpaired) electrons. The molecule has 1 aliphatic carbocycles. The van der Waals surface area contributed by atoms with E-state index < -0.39 is 26.8 Å². The van der Waals surface area contributed by atoms with Gasteiger partial charge in [-0.3, -0.25) is 14.6 Å². The molecule has 7 rings (SSSR count). The number of amides is 1. The molecule has 2 aromatic rings. The molecule has 4 heterocycles. The molecule has 5 atom stereocenters. The van der Waals surface area contributed by atoms with Crippen LogP contribution < -0.4 is 14.4 Å². The first-order valence-electron chi connectivity index (χ1n) is 19.2. The minimum absolute atomic E-state index is 0.218. The van der Waals surface area contributed by atoms with Crippen molar-refractivity contribution in [2.75, 3.05) is 71.0 Å². The number of allylic oxidation sites excluding steroid dienone is 1. The molecule has 1 N–H and O–H groups in total. The minimum Gasteiger partial charge on any atom is -0.487 e. The van der Waals surface area contributed by atoms with Crippen LogP contribution in [-0.2, 0) is 32.5 Å². The highest BCUT2D eigenvalue weighted by Crippen LogP contribution is 2.47. The number of halogens is 1. The summed E-state index contributed by atoms with van der Waals surface area (Å²) >= 11 is 6.40. The number of benzene rings is 2. The van der Waals surface area contributed by atoms with Gasteiger partial charge in [-0.05, 0) is 105 Å². The highest BCUT2D eigenvalue weighted by molar-refractivity contribution is 7.90. The standard InChI is InChI=1S/C40H55ClN4O6S/c1-28-7-6-15-40(49-3,27-43-24-35(25-43)44-17-19-50-20-18-44)36-13-10-32(36)23-45-16-5-4-8-30-21-34(41)12-9-33(30)26-51-38-14-11-31(22-37(38)45)39(46)42-52(47,48)29(28)2/h6,9,11-12,14-15,21-22,28-29,32,35-36H,4-5,7-8,10,13,16-20,23-27H2,1-3H3,(H,42,46)/b15-6+/t28-,29+,32-,36+,40+/m0/s1. The Hall–Kier alpha value is -2.67. The van der Waals surface area contributed by atoms with E-state index in [1.54, 1.807) is 13.0 Å². The number of nitrogens with zero attached hydrogens (tertiary/aromatic N) is 3. The summed E-state index contributed by atoms with van der Waals surface area (Å²) in [6, 6.07) is 11.8. The lowest BCUT2D eigenvalue weighted by Gasteiger charge is -2.54. The van der Waals surface area contributed by atoms with E-state index in [-0.39, 0.29) is 11.8 Å². The van der Waals surface area contributed by atoms with Crippen molar-refractivity contribution in [3.63, 3.8) is 0 Å². The molecule has 12 heteroatoms. The van der Waals surface area contributed by atoms with Gasteiger partial charge < -0.3 is 19.1 Å². The molecule has 5 aliphatic rings. The number of rotatable bonds is 4. The summed E-state index contributed by atoms with van der Waals surface area (Å²) in [6.07, 6.45) is 9.90. The Morgan fingerprint density at radius 2 is 1.81 bits per heavy atom. The Kier molecular flexibility index (Phi) is 11.6. The molecular weight excluding hydrogens is 700 g/mol. The predicted molar refractivity (Wildman–Crippen MR) is 205 cm³/mol. The fraction of sp³-hybridized carbons (Fsp3) is 0.625. The Bertz CT molecular complexity index is 1730. The van der Waals surface area contributed by atoms with Gasteiger partial charge in [0, 0.05) is 69.6 Å². The zero-order valence-corrected chi connectivity index (χ0v) is 32.5. The summed E-state index contributed by atoms with van der Waals surface area (Å²) in [6.45, 7) is 11.9. The van der Waals surface area contributed by atoms with Crippen LogP contribution in [0.5, 0.6) is 5.75 Å². The molecule has 1 saturated carbocycles. The van der Waals surface area contributed by atoms with Crippen molar-refractivity contribution < 1.29 is 27.4 Å². The SMILES string of the molecule is CO[C@@]1(CN2CC(N3CCOCC3)C2)/C=C/C[C@H](C)[C@@H](C)S(=O)(=O)NC(=O)c2ccc3c(c2)N(CCCCc2cc(Cl)ccc2CO3)C[C@@H]2CC[C@H]21. The molecule has 0 aromatic heterocycles. The van der Waals surface area contributed by atoms with E-state index in [0.29, 0.717) is 36.3 Å². The molecule has 1 amide bonds. The third-order valence-corrected chi connectivity index (χ3v) is 14.7. The van der Waals surface area contributed by atoms with Crippen LogP contribution in [0.25, 0.3) is 0 Å². The van der Waals surface area contributed by atoms with E-state index in [2.05, 4.69) is 31.6 Å². The smallest absolute Gasteiger partial charge is 0.264 e. The zero-order chi connectivity index (χ0) is 36.5. The van der Waals surface area contributed by atoms with E-state index in [4.69, 9.17) is 25.8 Å². The summed E-state index contributed by atoms with van der Waals surface area (Å²) in [5.41, 5.74) is 2.88. The summed E-state index contributed by atoms with van der Waals surface area (Å²) < 4.78 is 48.3. The normalized spacial score (nSPS) is 31.4. The quantitative estimate of drug-likeness (QED) is 0.404. The first-order chi connectivity index (χ1) is 25.0. The maximum atomic E-state index is 13.6. The van der Waals surface area contributed by atoms with Crippen molar-refractivity contribution in [2.24, 2.45) is 17.8 Å². The second-order valence-corrected chi connectivity index (χ2v) is 18.2. The second kappa shape index (κ2) is 16.0. The first-order valence-corrected chi connectivity index (χ1v) is 21.1. The highest BCUT2D eigenvalue weighted by Gasteiger charge is 2.49. The van der Waals surface area contributed by atoms with Crippen molar-refractivity contribution in [1.82, 2.24) is 14.5 Å². The molecule has 0 spiro atoms. The first kappa shape index (κ1) is 37.6. The van der Waals surface area contributed by atoms with Crippen LogP contribution in [0.4, 0.5) is 5.69 Å². The average molecular weight is 755 g/mol. The molecule has 2 saturated heterocycles. The van der Waals surface area contributed by atoms with Gasteiger partial charge in [0.05, 0.1) is 24.2 Å². The predicted octanol–water partition coefficient (Wildman–Crippen LogP) is 5.53. The van der Waals surface area contributed by atoms with Crippen molar-refractivity contribution in [2.45, 2.75) is 75.9 Å². The minimum atomic E-state index is -3.95. The van der Waals surface area contributed by atoms with E-state index >= 15 is 0 Å². The number of anilines is 1. The van der Waals surface area contributed by atoms with Gasteiger partial charge in [-0.25, -0.2) is 13.1 Å². The lowest BCUT2D eigenvalue weighted by molar-refractivity contribution is -0.113. The van der Waals surface area contributed by atoms with Crippen LogP contribution in [0, 0.1) is 17.8 Å². The molecule has 284 valence electrons. The number of methoxy groups -OCH3 is 1. The largest absolute Gasteiger partial charge is 0.487 e. The van der Waals surface area contributed by atoms with E-state index in [1.165, 1.54) is 5.56 Å². The van der Waals surface area contributed by atoms with Crippen molar-refractivity contribution >= 4 is 33.2 Å². The third kappa shape index (κ3) is 8.05. The van der Waals surface area contributed by atoms with Crippen LogP contribution in [0.3, 0.4) is 0 Å². The summed E-state index contributed by atoms with van der Waals surface area (Å²) in [7, 11) is -2.11. The van der Waals surface area contributed by atoms with Gasteiger partial charge in [0.15, 0.2) is 0 Å². The molecule has 52 heavy (non-hydrogen) atoms. The van der Waals surface area contributed by atoms with Crippen molar-refractivity contribution in [3.8, 4) is 5.75 Å². The van der Waals surface area contributed by atoms with Gasteiger partial charge in [-0.2, -0.15) is 0 Å². The Labute approximate surface area is 314 Å². The third-order valence-electron chi connectivity index (χ3n) is 12.5. The van der Waals surface area contributed by atoms with Crippen LogP contribution in [0.2, 0.25) is 5.02 Å². The number of nitrogens with one attached hydrogen (secondary N) is 1. The van der Waals surface area contributed by atoms with E-state index in [1.807, 2.05) is 44.4 Å². The molecule has 3 fully saturated rings. The van der Waals surface area contributed by atoms with E-state index in [9.17, 15) is 13.2 Å². The van der Waals surface area contributed by atoms with Crippen molar-refractivity contribution in [1.29, 1.82) is 0 Å². The molecule has 2 bridgehead atoms. The van der Waals surface area contributed by atoms with Crippen LogP contribution in [0.15, 0.2) is 48.6 Å². The number of carbonyl (C=O) groups is 1. The van der Waals surface area contributed by atoms with Gasteiger partial charge in [0.2, 0.25) is 10.0 Å². The number of hydrogen-bond donors (Lipinski definition) is 1. The van der Waals surface area contributed by atoms with Crippen LogP contribution in [0.1, 0.15) is 67.4 Å². The number of carbonyl (C=O) groups excluding carboxylic acids is 1.